The van der Waals surface area contributed by atoms with Crippen molar-refractivity contribution in [1.29, 1.82) is 0 Å². The van der Waals surface area contributed by atoms with Crippen LogP contribution in [-0.4, -0.2) is 15.6 Å². The predicted octanol–water partition coefficient (Wildman–Crippen LogP) is 2.80. The highest BCUT2D eigenvalue weighted by Crippen LogP contribution is 2.19. The lowest BCUT2D eigenvalue weighted by atomic mass is 10.3. The number of nitrogens with zero attached hydrogens (tertiary/aromatic N) is 1. The second kappa shape index (κ2) is 5.41. The molecule has 0 saturated carbocycles. The number of carboxylic acid groups (broad SMARTS) is 1. The van der Waals surface area contributed by atoms with Gasteiger partial charge in [0.1, 0.15) is 0 Å². The van der Waals surface area contributed by atoms with Crippen LogP contribution in [0.4, 0.5) is 0 Å². The van der Waals surface area contributed by atoms with E-state index in [2.05, 4.69) is 0 Å². The van der Waals surface area contributed by atoms with Crippen molar-refractivity contribution in [2.45, 2.75) is 6.54 Å². The first-order valence-corrected chi connectivity index (χ1v) is 7.08. The molecule has 1 N–H and O–H groups in total. The van der Waals surface area contributed by atoms with Gasteiger partial charge >= 0.3 is 11.7 Å². The zero-order valence-electron chi connectivity index (χ0n) is 10.9. The van der Waals surface area contributed by atoms with E-state index in [0.717, 1.165) is 22.0 Å². The van der Waals surface area contributed by atoms with Crippen molar-refractivity contribution >= 4 is 34.5 Å². The molecule has 2 aromatic heterocycles. The fourth-order valence-electron chi connectivity index (χ4n) is 2.06. The standard InChI is InChI=1S/C15H11NO4S/c17-14(18)6-5-10-7-11(21-9-10)8-16-12-3-1-2-4-13(12)20-15(16)19/h1-7,9H,8H2,(H,17,18). The van der Waals surface area contributed by atoms with Gasteiger partial charge in [-0.2, -0.15) is 0 Å². The SMILES string of the molecule is O=C(O)C=Cc1csc(Cn2c(=O)oc3ccccc32)c1. The van der Waals surface area contributed by atoms with Crippen LogP contribution in [0.2, 0.25) is 0 Å². The number of hydrogen-bond donors (Lipinski definition) is 1. The van der Waals surface area contributed by atoms with E-state index in [0.29, 0.717) is 12.1 Å². The predicted molar refractivity (Wildman–Crippen MR) is 80.6 cm³/mol. The van der Waals surface area contributed by atoms with Crippen molar-refractivity contribution in [3.05, 3.63) is 62.8 Å². The highest BCUT2D eigenvalue weighted by Gasteiger charge is 2.09. The highest BCUT2D eigenvalue weighted by atomic mass is 32.1. The summed E-state index contributed by atoms with van der Waals surface area (Å²) in [7, 11) is 0. The van der Waals surface area contributed by atoms with Crippen LogP contribution in [-0.2, 0) is 11.3 Å². The van der Waals surface area contributed by atoms with Gasteiger partial charge in [0.2, 0.25) is 0 Å². The largest absolute Gasteiger partial charge is 0.478 e. The van der Waals surface area contributed by atoms with Crippen molar-refractivity contribution in [3.8, 4) is 0 Å². The molecule has 0 saturated heterocycles. The van der Waals surface area contributed by atoms with Gasteiger partial charge in [-0.3, -0.25) is 4.57 Å². The van der Waals surface area contributed by atoms with Crippen LogP contribution in [0, 0.1) is 0 Å². The average Bonchev–Trinajstić information content (AvgIpc) is 3.02. The number of carbonyl (C=O) groups is 1. The molecule has 0 aliphatic carbocycles. The van der Waals surface area contributed by atoms with Crippen molar-refractivity contribution < 1.29 is 14.3 Å². The Morgan fingerprint density at radius 1 is 1.38 bits per heavy atom. The van der Waals surface area contributed by atoms with Crippen molar-refractivity contribution in [3.63, 3.8) is 0 Å². The summed E-state index contributed by atoms with van der Waals surface area (Å²) in [5.74, 6) is -1.38. The smallest absolute Gasteiger partial charge is 0.420 e. The second-order valence-corrected chi connectivity index (χ2v) is 5.44. The third-order valence-corrected chi connectivity index (χ3v) is 3.92. The molecule has 21 heavy (non-hydrogen) atoms. The number of aromatic nitrogens is 1. The Balaban J connectivity index is 1.91. The Morgan fingerprint density at radius 2 is 2.19 bits per heavy atom. The van der Waals surface area contributed by atoms with E-state index in [1.807, 2.05) is 29.6 Å². The van der Waals surface area contributed by atoms with E-state index in [1.54, 1.807) is 10.6 Å². The summed E-state index contributed by atoms with van der Waals surface area (Å²) in [6.45, 7) is 0.404. The Bertz CT molecular complexity index is 884. The average molecular weight is 301 g/mol. The summed E-state index contributed by atoms with van der Waals surface area (Å²) < 4.78 is 6.74. The van der Waals surface area contributed by atoms with Gasteiger partial charge in [-0.05, 0) is 35.2 Å². The molecule has 1 aromatic carbocycles. The molecule has 0 bridgehead atoms. The Hall–Kier alpha value is -2.60. The number of hydrogen-bond acceptors (Lipinski definition) is 4. The van der Waals surface area contributed by atoms with E-state index < -0.39 is 11.7 Å². The lowest BCUT2D eigenvalue weighted by Gasteiger charge is -1.98. The van der Waals surface area contributed by atoms with Gasteiger partial charge in [0.25, 0.3) is 0 Å². The Morgan fingerprint density at radius 3 is 3.00 bits per heavy atom. The molecule has 0 atom stereocenters. The molecule has 5 nitrogen and oxygen atoms in total. The van der Waals surface area contributed by atoms with Crippen molar-refractivity contribution in [2.75, 3.05) is 0 Å². The summed E-state index contributed by atoms with van der Waals surface area (Å²) in [6.07, 6.45) is 2.61. The zero-order valence-corrected chi connectivity index (χ0v) is 11.7. The van der Waals surface area contributed by atoms with Gasteiger partial charge in [0.05, 0.1) is 12.1 Å². The lowest BCUT2D eigenvalue weighted by molar-refractivity contribution is -0.131. The third-order valence-electron chi connectivity index (χ3n) is 2.98. The summed E-state index contributed by atoms with van der Waals surface area (Å²) in [5, 5.41) is 10.5. The minimum absolute atomic E-state index is 0.396. The van der Waals surface area contributed by atoms with E-state index in [9.17, 15) is 9.59 Å². The minimum Gasteiger partial charge on any atom is -0.478 e. The van der Waals surface area contributed by atoms with Gasteiger partial charge in [0.15, 0.2) is 5.58 Å². The van der Waals surface area contributed by atoms with E-state index in [1.165, 1.54) is 17.4 Å². The molecular weight excluding hydrogens is 290 g/mol. The number of benzene rings is 1. The fraction of sp³-hybridized carbons (Fsp3) is 0.0667. The third kappa shape index (κ3) is 2.80. The van der Waals surface area contributed by atoms with Gasteiger partial charge < -0.3 is 9.52 Å². The number of rotatable bonds is 4. The topological polar surface area (TPSA) is 72.4 Å². The molecule has 0 fully saturated rings. The first-order valence-electron chi connectivity index (χ1n) is 6.20. The first-order chi connectivity index (χ1) is 10.1. The Kier molecular flexibility index (Phi) is 3.45. The molecule has 0 spiro atoms. The summed E-state index contributed by atoms with van der Waals surface area (Å²) in [5.41, 5.74) is 2.11. The van der Waals surface area contributed by atoms with Crippen molar-refractivity contribution in [2.24, 2.45) is 0 Å². The molecule has 0 aliphatic heterocycles. The van der Waals surface area contributed by atoms with Crippen LogP contribution >= 0.6 is 11.3 Å². The van der Waals surface area contributed by atoms with Gasteiger partial charge in [0, 0.05) is 11.0 Å². The highest BCUT2D eigenvalue weighted by molar-refractivity contribution is 7.10. The maximum Gasteiger partial charge on any atom is 0.420 e. The second-order valence-electron chi connectivity index (χ2n) is 4.44. The molecular formula is C15H11NO4S. The molecule has 6 heteroatoms. The fourth-order valence-corrected chi connectivity index (χ4v) is 2.90. The van der Waals surface area contributed by atoms with E-state index >= 15 is 0 Å². The van der Waals surface area contributed by atoms with E-state index in [4.69, 9.17) is 9.52 Å². The Labute approximate surface area is 123 Å². The monoisotopic (exact) mass is 301 g/mol. The molecule has 106 valence electrons. The zero-order chi connectivity index (χ0) is 14.8. The molecule has 0 radical (unpaired) electrons. The van der Waals surface area contributed by atoms with E-state index in [-0.39, 0.29) is 0 Å². The van der Waals surface area contributed by atoms with Crippen LogP contribution < -0.4 is 5.76 Å². The van der Waals surface area contributed by atoms with Gasteiger partial charge in [-0.25, -0.2) is 9.59 Å². The maximum atomic E-state index is 11.9. The summed E-state index contributed by atoms with van der Waals surface area (Å²) in [6, 6.07) is 9.11. The number of carboxylic acids is 1. The first kappa shape index (κ1) is 13.4. The number of thiophene rings is 1. The molecule has 0 amide bonds. The minimum atomic E-state index is -0.986. The number of para-hydroxylation sites is 2. The van der Waals surface area contributed by atoms with Gasteiger partial charge in [-0.1, -0.05) is 12.1 Å². The number of aliphatic carboxylic acids is 1. The van der Waals surface area contributed by atoms with Crippen LogP contribution in [0.25, 0.3) is 17.2 Å². The molecule has 0 aliphatic rings. The van der Waals surface area contributed by atoms with Crippen LogP contribution in [0.5, 0.6) is 0 Å². The van der Waals surface area contributed by atoms with Crippen LogP contribution in [0.1, 0.15) is 10.4 Å². The van der Waals surface area contributed by atoms with Crippen LogP contribution in [0.15, 0.2) is 51.0 Å². The number of fused-ring (bicyclic) bond motifs is 1. The lowest BCUT2D eigenvalue weighted by Crippen LogP contribution is -2.14. The molecule has 3 aromatic rings. The number of oxazole rings is 1. The summed E-state index contributed by atoms with van der Waals surface area (Å²) >= 11 is 1.47. The molecule has 0 unspecified atom stereocenters. The summed E-state index contributed by atoms with van der Waals surface area (Å²) in [4.78, 5) is 23.3. The maximum absolute atomic E-state index is 11.9. The van der Waals surface area contributed by atoms with Crippen LogP contribution in [0.3, 0.4) is 0 Å². The van der Waals surface area contributed by atoms with Crippen molar-refractivity contribution in [1.82, 2.24) is 4.57 Å². The quantitative estimate of drug-likeness (QED) is 0.752. The normalized spacial score (nSPS) is 11.4. The molecule has 3 rings (SSSR count). The van der Waals surface area contributed by atoms with Gasteiger partial charge in [-0.15, -0.1) is 11.3 Å². The molecule has 2 heterocycles.